The van der Waals surface area contributed by atoms with E-state index in [0.717, 1.165) is 19.1 Å². The number of carbonyl (C=O) groups is 3. The van der Waals surface area contributed by atoms with Gasteiger partial charge in [0, 0.05) is 6.92 Å². The van der Waals surface area contributed by atoms with Gasteiger partial charge >= 0.3 is 6.09 Å². The van der Waals surface area contributed by atoms with Crippen LogP contribution in [-0.4, -0.2) is 48.2 Å². The van der Waals surface area contributed by atoms with E-state index < -0.39 is 29.9 Å². The number of ether oxygens (including phenoxy) is 2. The normalized spacial score (nSPS) is 23.2. The van der Waals surface area contributed by atoms with Gasteiger partial charge in [0.05, 0.1) is 24.3 Å². The van der Waals surface area contributed by atoms with Gasteiger partial charge in [-0.3, -0.25) is 9.59 Å². The summed E-state index contributed by atoms with van der Waals surface area (Å²) in [6.45, 7) is 10.8. The van der Waals surface area contributed by atoms with Crippen LogP contribution in [0.4, 0.5) is 4.79 Å². The molecule has 3 atom stereocenters. The third-order valence-corrected chi connectivity index (χ3v) is 4.11. The lowest BCUT2D eigenvalue weighted by Gasteiger charge is -2.38. The molecule has 7 heteroatoms. The van der Waals surface area contributed by atoms with Crippen molar-refractivity contribution in [1.82, 2.24) is 10.6 Å². The van der Waals surface area contributed by atoms with Crippen molar-refractivity contribution < 1.29 is 23.9 Å². The Hall–Kier alpha value is -1.89. The molecule has 0 aromatic carbocycles. The first-order valence-electron chi connectivity index (χ1n) is 9.17. The molecule has 0 saturated carbocycles. The first kappa shape index (κ1) is 22.2. The number of hydrogen-bond donors (Lipinski definition) is 2. The fraction of sp³-hybridized carbons (Fsp3) is 0.737. The SMILES string of the molecule is CCC(CC)O[C@@H]1C=C(C=O)CC(NC(=O)OC(C)(C)C)[C@H]1NC(C)=O. The molecule has 2 N–H and O–H groups in total. The second-order valence-corrected chi connectivity index (χ2v) is 7.58. The highest BCUT2D eigenvalue weighted by Crippen LogP contribution is 2.24. The zero-order chi connectivity index (χ0) is 19.9. The standard InChI is InChI=1S/C19H32N2O5/c1-7-14(8-2)25-16-10-13(11-22)9-15(17(16)20-12(3)23)21-18(24)26-19(4,5)6/h10-11,14-17H,7-9H2,1-6H3,(H,20,23)(H,21,24)/t15?,16-,17-/m1/s1. The summed E-state index contributed by atoms with van der Waals surface area (Å²) in [7, 11) is 0. The van der Waals surface area contributed by atoms with E-state index in [1.165, 1.54) is 6.92 Å². The van der Waals surface area contributed by atoms with Gasteiger partial charge in [-0.2, -0.15) is 0 Å². The summed E-state index contributed by atoms with van der Waals surface area (Å²) in [6.07, 6.45) is 3.33. The van der Waals surface area contributed by atoms with Gasteiger partial charge in [0.1, 0.15) is 11.9 Å². The van der Waals surface area contributed by atoms with E-state index in [0.29, 0.717) is 12.0 Å². The number of alkyl carbamates (subject to hydrolysis) is 1. The van der Waals surface area contributed by atoms with Crippen LogP contribution in [0.5, 0.6) is 0 Å². The Bertz CT molecular complexity index is 535. The van der Waals surface area contributed by atoms with E-state index in [2.05, 4.69) is 10.6 Å². The van der Waals surface area contributed by atoms with Crippen molar-refractivity contribution >= 4 is 18.3 Å². The lowest BCUT2D eigenvalue weighted by Crippen LogP contribution is -2.59. The predicted octanol–water partition coefficient (Wildman–Crippen LogP) is 2.49. The molecular formula is C19H32N2O5. The van der Waals surface area contributed by atoms with E-state index in [1.54, 1.807) is 26.8 Å². The van der Waals surface area contributed by atoms with Gasteiger partial charge in [-0.25, -0.2) is 4.79 Å². The van der Waals surface area contributed by atoms with Crippen molar-refractivity contribution in [2.75, 3.05) is 0 Å². The molecule has 0 radical (unpaired) electrons. The van der Waals surface area contributed by atoms with Crippen LogP contribution in [0.1, 0.15) is 60.8 Å². The Balaban J connectivity index is 3.05. The zero-order valence-electron chi connectivity index (χ0n) is 16.6. The molecule has 1 rings (SSSR count). The zero-order valence-corrected chi connectivity index (χ0v) is 16.6. The van der Waals surface area contributed by atoms with Crippen LogP contribution < -0.4 is 10.6 Å². The van der Waals surface area contributed by atoms with Crippen molar-refractivity contribution in [3.05, 3.63) is 11.6 Å². The topological polar surface area (TPSA) is 93.7 Å². The van der Waals surface area contributed by atoms with Crippen LogP contribution in [0.3, 0.4) is 0 Å². The Morgan fingerprint density at radius 1 is 1.27 bits per heavy atom. The van der Waals surface area contributed by atoms with E-state index >= 15 is 0 Å². The summed E-state index contributed by atoms with van der Waals surface area (Å²) in [4.78, 5) is 35.3. The number of rotatable bonds is 7. The molecule has 0 aromatic heterocycles. The summed E-state index contributed by atoms with van der Waals surface area (Å²) >= 11 is 0. The monoisotopic (exact) mass is 368 g/mol. The molecular weight excluding hydrogens is 336 g/mol. The van der Waals surface area contributed by atoms with Crippen molar-refractivity contribution in [2.45, 2.75) is 90.7 Å². The van der Waals surface area contributed by atoms with Gasteiger partial charge in [0.2, 0.25) is 5.91 Å². The summed E-state index contributed by atoms with van der Waals surface area (Å²) in [6, 6.07) is -0.984. The van der Waals surface area contributed by atoms with Crippen LogP contribution in [-0.2, 0) is 19.1 Å². The first-order chi connectivity index (χ1) is 12.1. The molecule has 2 amide bonds. The number of amides is 2. The van der Waals surface area contributed by atoms with Gasteiger partial charge in [0.25, 0.3) is 0 Å². The maximum Gasteiger partial charge on any atom is 0.407 e. The predicted molar refractivity (Wildman–Crippen MR) is 98.8 cm³/mol. The van der Waals surface area contributed by atoms with Gasteiger partial charge in [-0.05, 0) is 51.7 Å². The highest BCUT2D eigenvalue weighted by Gasteiger charge is 2.37. The summed E-state index contributed by atoms with van der Waals surface area (Å²) in [5.41, 5.74) is -0.111. The van der Waals surface area contributed by atoms with E-state index in [-0.39, 0.29) is 12.0 Å². The third-order valence-electron chi connectivity index (χ3n) is 4.11. The minimum atomic E-state index is -0.642. The Kier molecular flexibility index (Phi) is 8.27. The van der Waals surface area contributed by atoms with Crippen LogP contribution in [0.25, 0.3) is 0 Å². The minimum absolute atomic E-state index is 0.000636. The molecule has 0 spiro atoms. The minimum Gasteiger partial charge on any atom is -0.444 e. The maximum absolute atomic E-state index is 12.2. The van der Waals surface area contributed by atoms with Crippen LogP contribution in [0.2, 0.25) is 0 Å². The molecule has 0 aliphatic heterocycles. The molecule has 1 unspecified atom stereocenters. The molecule has 1 aliphatic carbocycles. The highest BCUT2D eigenvalue weighted by atomic mass is 16.6. The molecule has 148 valence electrons. The molecule has 26 heavy (non-hydrogen) atoms. The Labute approximate surface area is 155 Å². The largest absolute Gasteiger partial charge is 0.444 e. The Morgan fingerprint density at radius 2 is 1.88 bits per heavy atom. The molecule has 0 fully saturated rings. The van der Waals surface area contributed by atoms with Gasteiger partial charge < -0.3 is 20.1 Å². The lowest BCUT2D eigenvalue weighted by molar-refractivity contribution is -0.121. The van der Waals surface area contributed by atoms with Crippen LogP contribution >= 0.6 is 0 Å². The van der Waals surface area contributed by atoms with Gasteiger partial charge in [-0.1, -0.05) is 13.8 Å². The third kappa shape index (κ3) is 7.15. The molecule has 7 nitrogen and oxygen atoms in total. The molecule has 0 saturated heterocycles. The second kappa shape index (κ2) is 9.71. The summed E-state index contributed by atoms with van der Waals surface area (Å²) < 4.78 is 11.4. The number of nitrogens with one attached hydrogen (secondary N) is 2. The molecule has 0 bridgehead atoms. The fourth-order valence-electron chi connectivity index (χ4n) is 2.92. The number of carbonyl (C=O) groups excluding carboxylic acids is 3. The lowest BCUT2D eigenvalue weighted by atomic mass is 9.88. The average molecular weight is 368 g/mol. The van der Waals surface area contributed by atoms with E-state index in [9.17, 15) is 14.4 Å². The van der Waals surface area contributed by atoms with Gasteiger partial charge in [-0.15, -0.1) is 0 Å². The molecule has 1 aliphatic rings. The van der Waals surface area contributed by atoms with Crippen LogP contribution in [0, 0.1) is 0 Å². The average Bonchev–Trinajstić information content (AvgIpc) is 2.52. The number of hydrogen-bond acceptors (Lipinski definition) is 5. The van der Waals surface area contributed by atoms with Crippen molar-refractivity contribution in [3.63, 3.8) is 0 Å². The quantitative estimate of drug-likeness (QED) is 0.673. The number of aldehydes is 1. The van der Waals surface area contributed by atoms with E-state index in [4.69, 9.17) is 9.47 Å². The fourth-order valence-corrected chi connectivity index (χ4v) is 2.92. The second-order valence-electron chi connectivity index (χ2n) is 7.58. The van der Waals surface area contributed by atoms with Crippen molar-refractivity contribution in [3.8, 4) is 0 Å². The first-order valence-corrected chi connectivity index (χ1v) is 9.17. The van der Waals surface area contributed by atoms with Gasteiger partial charge in [0.15, 0.2) is 0 Å². The Morgan fingerprint density at radius 3 is 2.35 bits per heavy atom. The maximum atomic E-state index is 12.2. The van der Waals surface area contributed by atoms with Crippen molar-refractivity contribution in [2.24, 2.45) is 0 Å². The molecule has 0 aromatic rings. The highest BCUT2D eigenvalue weighted by molar-refractivity contribution is 5.77. The smallest absolute Gasteiger partial charge is 0.407 e. The van der Waals surface area contributed by atoms with Crippen LogP contribution in [0.15, 0.2) is 11.6 Å². The van der Waals surface area contributed by atoms with E-state index in [1.807, 2.05) is 13.8 Å². The summed E-state index contributed by atoms with van der Waals surface area (Å²) in [5, 5.41) is 5.63. The summed E-state index contributed by atoms with van der Waals surface area (Å²) in [5.74, 6) is -0.230. The molecule has 0 heterocycles. The van der Waals surface area contributed by atoms with Crippen molar-refractivity contribution in [1.29, 1.82) is 0 Å².